The predicted octanol–water partition coefficient (Wildman–Crippen LogP) is 3.78. The van der Waals surface area contributed by atoms with Crippen LogP contribution in [0.25, 0.3) is 16.6 Å². The molecule has 1 amide bonds. The molecule has 1 N–H and O–H groups in total. The quantitative estimate of drug-likeness (QED) is 0.605. The molecule has 6 heteroatoms. The smallest absolute Gasteiger partial charge is 0.265 e. The Bertz CT molecular complexity index is 1200. The highest BCUT2D eigenvalue weighted by Crippen LogP contribution is 2.15. The van der Waals surface area contributed by atoms with Crippen LogP contribution in [0.5, 0.6) is 0 Å². The molecular formula is C21H14FN3O2. The van der Waals surface area contributed by atoms with Crippen molar-refractivity contribution in [2.75, 3.05) is 5.32 Å². The summed E-state index contributed by atoms with van der Waals surface area (Å²) in [5, 5.41) is 3.03. The zero-order valence-corrected chi connectivity index (χ0v) is 14.1. The molecule has 0 radical (unpaired) electrons. The third-order valence-corrected chi connectivity index (χ3v) is 4.14. The Balaban J connectivity index is 1.69. The Morgan fingerprint density at radius 1 is 0.963 bits per heavy atom. The molecule has 0 unspecified atom stereocenters. The van der Waals surface area contributed by atoms with Crippen molar-refractivity contribution in [2.24, 2.45) is 0 Å². The molecule has 0 atom stereocenters. The lowest BCUT2D eigenvalue weighted by Gasteiger charge is -2.08. The highest BCUT2D eigenvalue weighted by atomic mass is 19.1. The topological polar surface area (TPSA) is 64.0 Å². The average molecular weight is 359 g/mol. The maximum absolute atomic E-state index is 13.3. The molecule has 3 aromatic carbocycles. The molecular weight excluding hydrogens is 345 g/mol. The molecule has 0 aliphatic carbocycles. The van der Waals surface area contributed by atoms with Gasteiger partial charge in [-0.2, -0.15) is 0 Å². The molecule has 1 heterocycles. The van der Waals surface area contributed by atoms with E-state index in [-0.39, 0.29) is 5.56 Å². The number of benzene rings is 3. The van der Waals surface area contributed by atoms with Crippen LogP contribution in [0, 0.1) is 5.82 Å². The summed E-state index contributed by atoms with van der Waals surface area (Å²) in [5.41, 5.74) is 1.59. The first kappa shape index (κ1) is 16.7. The first-order valence-corrected chi connectivity index (χ1v) is 8.25. The molecule has 0 aliphatic heterocycles. The number of amides is 1. The van der Waals surface area contributed by atoms with Gasteiger partial charge in [-0.05, 0) is 48.5 Å². The van der Waals surface area contributed by atoms with Crippen molar-refractivity contribution in [3.8, 4) is 5.69 Å². The lowest BCUT2D eigenvalue weighted by atomic mass is 10.1. The van der Waals surface area contributed by atoms with Gasteiger partial charge in [-0.15, -0.1) is 0 Å². The van der Waals surface area contributed by atoms with Crippen LogP contribution in [0.4, 0.5) is 10.1 Å². The Labute approximate surface area is 153 Å². The molecule has 0 fully saturated rings. The number of fused-ring (bicyclic) bond motifs is 1. The molecule has 5 nitrogen and oxygen atoms in total. The van der Waals surface area contributed by atoms with E-state index in [4.69, 9.17) is 0 Å². The largest absolute Gasteiger partial charge is 0.322 e. The number of aromatic nitrogens is 2. The van der Waals surface area contributed by atoms with Gasteiger partial charge in [-0.3, -0.25) is 14.2 Å². The van der Waals surface area contributed by atoms with E-state index >= 15 is 0 Å². The van der Waals surface area contributed by atoms with E-state index in [2.05, 4.69) is 10.3 Å². The number of rotatable bonds is 3. The third-order valence-electron chi connectivity index (χ3n) is 4.14. The Hall–Kier alpha value is -3.80. The van der Waals surface area contributed by atoms with Crippen molar-refractivity contribution < 1.29 is 9.18 Å². The molecule has 0 saturated carbocycles. The Morgan fingerprint density at radius 2 is 1.78 bits per heavy atom. The maximum atomic E-state index is 13.3. The van der Waals surface area contributed by atoms with Gasteiger partial charge in [-0.1, -0.05) is 24.3 Å². The second kappa shape index (κ2) is 6.84. The minimum absolute atomic E-state index is 0.219. The van der Waals surface area contributed by atoms with Gasteiger partial charge in [0.25, 0.3) is 11.5 Å². The fraction of sp³-hybridized carbons (Fsp3) is 0. The van der Waals surface area contributed by atoms with Gasteiger partial charge in [0.15, 0.2) is 0 Å². The monoisotopic (exact) mass is 359 g/mol. The van der Waals surface area contributed by atoms with Gasteiger partial charge >= 0.3 is 0 Å². The van der Waals surface area contributed by atoms with Crippen LogP contribution in [-0.4, -0.2) is 15.5 Å². The van der Waals surface area contributed by atoms with Gasteiger partial charge in [0.1, 0.15) is 12.1 Å². The zero-order valence-electron chi connectivity index (χ0n) is 14.1. The van der Waals surface area contributed by atoms with Crippen LogP contribution in [0.2, 0.25) is 0 Å². The van der Waals surface area contributed by atoms with E-state index in [9.17, 15) is 14.0 Å². The number of anilines is 1. The van der Waals surface area contributed by atoms with Crippen molar-refractivity contribution >= 4 is 22.5 Å². The van der Waals surface area contributed by atoms with E-state index in [0.29, 0.717) is 27.8 Å². The van der Waals surface area contributed by atoms with Crippen LogP contribution in [0.15, 0.2) is 83.9 Å². The van der Waals surface area contributed by atoms with Crippen LogP contribution in [0.3, 0.4) is 0 Å². The van der Waals surface area contributed by atoms with Gasteiger partial charge in [0, 0.05) is 11.3 Å². The molecule has 0 aliphatic rings. The number of nitrogens with zero attached hydrogens (tertiary/aromatic N) is 2. The number of halogens is 1. The Kier molecular flexibility index (Phi) is 4.22. The number of hydrogen-bond donors (Lipinski definition) is 1. The van der Waals surface area contributed by atoms with Crippen LogP contribution in [-0.2, 0) is 0 Å². The Morgan fingerprint density at radius 3 is 2.56 bits per heavy atom. The van der Waals surface area contributed by atoms with Crippen LogP contribution in [0.1, 0.15) is 10.4 Å². The zero-order chi connectivity index (χ0) is 18.8. The molecule has 27 heavy (non-hydrogen) atoms. The summed E-state index contributed by atoms with van der Waals surface area (Å²) < 4.78 is 14.7. The summed E-state index contributed by atoms with van der Waals surface area (Å²) in [6.45, 7) is 0. The second-order valence-electron chi connectivity index (χ2n) is 5.95. The van der Waals surface area contributed by atoms with E-state index < -0.39 is 11.7 Å². The lowest BCUT2D eigenvalue weighted by molar-refractivity contribution is 0.102. The van der Waals surface area contributed by atoms with Crippen molar-refractivity contribution in [1.29, 1.82) is 0 Å². The number of nitrogens with one attached hydrogen (secondary N) is 1. The first-order valence-electron chi connectivity index (χ1n) is 8.25. The van der Waals surface area contributed by atoms with Gasteiger partial charge in [-0.25, -0.2) is 9.37 Å². The first-order chi connectivity index (χ1) is 13.1. The maximum Gasteiger partial charge on any atom is 0.265 e. The van der Waals surface area contributed by atoms with Crippen molar-refractivity contribution in [3.05, 3.63) is 101 Å². The fourth-order valence-electron chi connectivity index (χ4n) is 2.80. The molecule has 0 saturated heterocycles. The fourth-order valence-corrected chi connectivity index (χ4v) is 2.80. The summed E-state index contributed by atoms with van der Waals surface area (Å²) in [4.78, 5) is 29.4. The normalized spacial score (nSPS) is 10.7. The van der Waals surface area contributed by atoms with E-state index in [1.807, 2.05) is 30.3 Å². The SMILES string of the molecule is O=C(Nc1cccc(F)c1)c1ccc2c(=O)n(-c3ccccc3)cnc2c1. The van der Waals surface area contributed by atoms with E-state index in [1.54, 1.807) is 24.3 Å². The molecule has 0 bridgehead atoms. The predicted molar refractivity (Wildman–Crippen MR) is 102 cm³/mol. The highest BCUT2D eigenvalue weighted by molar-refractivity contribution is 6.06. The second-order valence-corrected chi connectivity index (χ2v) is 5.95. The average Bonchev–Trinajstić information content (AvgIpc) is 2.68. The van der Waals surface area contributed by atoms with Gasteiger partial charge in [0.2, 0.25) is 0 Å². The van der Waals surface area contributed by atoms with E-state index in [1.165, 1.54) is 29.1 Å². The molecule has 132 valence electrons. The molecule has 0 spiro atoms. The number of para-hydroxylation sites is 1. The number of carbonyl (C=O) groups excluding carboxylic acids is 1. The third kappa shape index (κ3) is 3.32. The highest BCUT2D eigenvalue weighted by Gasteiger charge is 2.11. The lowest BCUT2D eigenvalue weighted by Crippen LogP contribution is -2.19. The molecule has 4 aromatic rings. The van der Waals surface area contributed by atoms with Crippen molar-refractivity contribution in [1.82, 2.24) is 9.55 Å². The summed E-state index contributed by atoms with van der Waals surface area (Å²) in [5.74, 6) is -0.842. The van der Waals surface area contributed by atoms with Crippen molar-refractivity contribution in [2.45, 2.75) is 0 Å². The molecule has 4 rings (SSSR count). The van der Waals surface area contributed by atoms with Crippen LogP contribution < -0.4 is 10.9 Å². The minimum atomic E-state index is -0.436. The number of hydrogen-bond acceptors (Lipinski definition) is 3. The number of carbonyl (C=O) groups is 1. The minimum Gasteiger partial charge on any atom is -0.322 e. The summed E-state index contributed by atoms with van der Waals surface area (Å²) in [7, 11) is 0. The summed E-state index contributed by atoms with van der Waals surface area (Å²) >= 11 is 0. The summed E-state index contributed by atoms with van der Waals surface area (Å²) in [6.07, 6.45) is 1.44. The van der Waals surface area contributed by atoms with Crippen molar-refractivity contribution in [3.63, 3.8) is 0 Å². The standard InChI is InChI=1S/C21H14FN3O2/c22-15-5-4-6-16(12-15)24-20(26)14-9-10-18-19(11-14)23-13-25(21(18)27)17-7-2-1-3-8-17/h1-13H,(H,24,26). The van der Waals surface area contributed by atoms with Gasteiger partial charge < -0.3 is 5.32 Å². The van der Waals surface area contributed by atoms with Crippen LogP contribution >= 0.6 is 0 Å². The van der Waals surface area contributed by atoms with E-state index in [0.717, 1.165) is 0 Å². The molecule has 1 aromatic heterocycles. The summed E-state index contributed by atoms with van der Waals surface area (Å²) in [6, 6.07) is 19.5. The van der Waals surface area contributed by atoms with Gasteiger partial charge in [0.05, 0.1) is 16.6 Å².